The summed E-state index contributed by atoms with van der Waals surface area (Å²) in [5.41, 5.74) is 1.34. The molecule has 3 N–H and O–H groups in total. The van der Waals surface area contributed by atoms with E-state index in [1.54, 1.807) is 0 Å². The highest BCUT2D eigenvalue weighted by atomic mass is 16.4. The van der Waals surface area contributed by atoms with Crippen molar-refractivity contribution in [3.05, 3.63) is 11.6 Å². The van der Waals surface area contributed by atoms with Gasteiger partial charge in [0.05, 0.1) is 5.92 Å². The van der Waals surface area contributed by atoms with Crippen molar-refractivity contribution in [2.75, 3.05) is 13.1 Å². The highest BCUT2D eigenvalue weighted by Crippen LogP contribution is 2.24. The van der Waals surface area contributed by atoms with Gasteiger partial charge in [0.15, 0.2) is 0 Å². The van der Waals surface area contributed by atoms with E-state index in [-0.39, 0.29) is 18.0 Å². The van der Waals surface area contributed by atoms with Crippen molar-refractivity contribution in [1.82, 2.24) is 10.6 Å². The molecule has 0 spiro atoms. The van der Waals surface area contributed by atoms with E-state index in [1.807, 2.05) is 20.8 Å². The average molecular weight is 296 g/mol. The first-order valence-corrected chi connectivity index (χ1v) is 7.70. The van der Waals surface area contributed by atoms with Crippen molar-refractivity contribution >= 4 is 12.0 Å². The quantitative estimate of drug-likeness (QED) is 0.632. The number of nitrogens with one attached hydrogen (secondary N) is 2. The molecule has 0 saturated carbocycles. The van der Waals surface area contributed by atoms with E-state index in [0.717, 1.165) is 19.3 Å². The summed E-state index contributed by atoms with van der Waals surface area (Å²) in [7, 11) is 0. The number of amides is 2. The van der Waals surface area contributed by atoms with Gasteiger partial charge in [0, 0.05) is 13.1 Å². The monoisotopic (exact) mass is 296 g/mol. The molecule has 5 nitrogen and oxygen atoms in total. The molecule has 1 rings (SSSR count). The van der Waals surface area contributed by atoms with Crippen LogP contribution < -0.4 is 10.6 Å². The third-order valence-corrected chi connectivity index (χ3v) is 3.58. The predicted octanol–water partition coefficient (Wildman–Crippen LogP) is 2.92. The minimum Gasteiger partial charge on any atom is -0.481 e. The fourth-order valence-corrected chi connectivity index (χ4v) is 2.57. The van der Waals surface area contributed by atoms with E-state index in [2.05, 4.69) is 16.7 Å². The molecule has 0 fully saturated rings. The smallest absolute Gasteiger partial charge is 0.314 e. The van der Waals surface area contributed by atoms with Gasteiger partial charge in [-0.2, -0.15) is 0 Å². The van der Waals surface area contributed by atoms with E-state index in [9.17, 15) is 14.7 Å². The molecular formula is C16H28N2O3. The number of hydrogen-bond donors (Lipinski definition) is 3. The third kappa shape index (κ3) is 7.73. The molecule has 0 bridgehead atoms. The summed E-state index contributed by atoms with van der Waals surface area (Å²) in [5, 5.41) is 14.6. The number of allylic oxidation sites excluding steroid dienone is 1. The lowest BCUT2D eigenvalue weighted by Gasteiger charge is -2.23. The standard InChI is InChI=1S/C16H28N2O3/c1-16(2,3)10-13(14(19)20)11-18-15(21)17-9-8-12-6-4-5-7-12/h6,13H,4-5,7-11H2,1-3H3,(H,19,20)(H2,17,18,21). The molecule has 0 aliphatic heterocycles. The molecule has 0 saturated heterocycles. The van der Waals surface area contributed by atoms with Crippen molar-refractivity contribution < 1.29 is 14.7 Å². The Labute approximate surface area is 127 Å². The van der Waals surface area contributed by atoms with Crippen LogP contribution in [0.4, 0.5) is 4.79 Å². The van der Waals surface area contributed by atoms with Crippen molar-refractivity contribution in [3.63, 3.8) is 0 Å². The number of carboxylic acid groups (broad SMARTS) is 1. The Morgan fingerprint density at radius 3 is 2.57 bits per heavy atom. The molecular weight excluding hydrogens is 268 g/mol. The SMILES string of the molecule is CC(C)(C)CC(CNC(=O)NCCC1=CCCC1)C(=O)O. The topological polar surface area (TPSA) is 78.4 Å². The van der Waals surface area contributed by atoms with Crippen molar-refractivity contribution in [2.45, 2.75) is 52.9 Å². The maximum atomic E-state index is 11.7. The van der Waals surface area contributed by atoms with Gasteiger partial charge in [-0.1, -0.05) is 32.4 Å². The zero-order chi connectivity index (χ0) is 15.9. The number of carbonyl (C=O) groups excluding carboxylic acids is 1. The number of carbonyl (C=O) groups is 2. The number of rotatable bonds is 7. The van der Waals surface area contributed by atoms with Crippen LogP contribution >= 0.6 is 0 Å². The van der Waals surface area contributed by atoms with Gasteiger partial charge >= 0.3 is 12.0 Å². The van der Waals surface area contributed by atoms with Crippen LogP contribution in [-0.4, -0.2) is 30.2 Å². The molecule has 0 radical (unpaired) electrons. The van der Waals surface area contributed by atoms with E-state index < -0.39 is 11.9 Å². The lowest BCUT2D eigenvalue weighted by molar-refractivity contribution is -0.142. The van der Waals surface area contributed by atoms with Gasteiger partial charge in [-0.05, 0) is 37.5 Å². The summed E-state index contributed by atoms with van der Waals surface area (Å²) in [6.07, 6.45) is 7.16. The Kier molecular flexibility index (Phi) is 6.72. The van der Waals surface area contributed by atoms with Gasteiger partial charge in [0.25, 0.3) is 0 Å². The van der Waals surface area contributed by atoms with E-state index >= 15 is 0 Å². The van der Waals surface area contributed by atoms with Crippen LogP contribution in [0, 0.1) is 11.3 Å². The van der Waals surface area contributed by atoms with Gasteiger partial charge in [-0.25, -0.2) is 4.79 Å². The first kappa shape index (κ1) is 17.5. The predicted molar refractivity (Wildman–Crippen MR) is 83.2 cm³/mol. The Morgan fingerprint density at radius 2 is 2.05 bits per heavy atom. The highest BCUT2D eigenvalue weighted by molar-refractivity contribution is 5.75. The van der Waals surface area contributed by atoms with Crippen LogP contribution in [0.2, 0.25) is 0 Å². The lowest BCUT2D eigenvalue weighted by Crippen LogP contribution is -2.41. The normalized spacial score (nSPS) is 16.2. The van der Waals surface area contributed by atoms with Gasteiger partial charge < -0.3 is 15.7 Å². The minimum atomic E-state index is -0.860. The molecule has 1 aliphatic rings. The van der Waals surface area contributed by atoms with Crippen molar-refractivity contribution in [2.24, 2.45) is 11.3 Å². The summed E-state index contributed by atoms with van der Waals surface area (Å²) < 4.78 is 0. The fourth-order valence-electron chi connectivity index (χ4n) is 2.57. The van der Waals surface area contributed by atoms with Crippen LogP contribution in [0.25, 0.3) is 0 Å². The van der Waals surface area contributed by atoms with E-state index in [1.165, 1.54) is 12.0 Å². The van der Waals surface area contributed by atoms with Gasteiger partial charge in [-0.15, -0.1) is 0 Å². The minimum absolute atomic E-state index is 0.0733. The summed E-state index contributed by atoms with van der Waals surface area (Å²) in [6, 6.07) is -0.284. The van der Waals surface area contributed by atoms with Gasteiger partial charge in [0.1, 0.15) is 0 Å². The summed E-state index contributed by atoms with van der Waals surface area (Å²) in [5.74, 6) is -1.41. The van der Waals surface area contributed by atoms with Crippen LogP contribution in [-0.2, 0) is 4.79 Å². The second-order valence-electron chi connectivity index (χ2n) is 6.94. The van der Waals surface area contributed by atoms with Crippen LogP contribution in [0.3, 0.4) is 0 Å². The zero-order valence-corrected chi connectivity index (χ0v) is 13.4. The maximum absolute atomic E-state index is 11.7. The van der Waals surface area contributed by atoms with Crippen molar-refractivity contribution in [3.8, 4) is 0 Å². The molecule has 1 aliphatic carbocycles. The third-order valence-electron chi connectivity index (χ3n) is 3.58. The van der Waals surface area contributed by atoms with Gasteiger partial charge in [0.2, 0.25) is 0 Å². The molecule has 0 heterocycles. The Balaban J connectivity index is 2.24. The number of hydrogen-bond acceptors (Lipinski definition) is 2. The molecule has 0 aromatic carbocycles. The molecule has 21 heavy (non-hydrogen) atoms. The number of urea groups is 1. The lowest BCUT2D eigenvalue weighted by atomic mass is 9.84. The van der Waals surface area contributed by atoms with Gasteiger partial charge in [-0.3, -0.25) is 4.79 Å². The van der Waals surface area contributed by atoms with E-state index in [0.29, 0.717) is 13.0 Å². The Morgan fingerprint density at radius 1 is 1.33 bits per heavy atom. The second-order valence-corrected chi connectivity index (χ2v) is 6.94. The highest BCUT2D eigenvalue weighted by Gasteiger charge is 2.24. The molecule has 120 valence electrons. The molecule has 2 amide bonds. The van der Waals surface area contributed by atoms with Crippen molar-refractivity contribution in [1.29, 1.82) is 0 Å². The average Bonchev–Trinajstić information content (AvgIpc) is 2.86. The first-order chi connectivity index (χ1) is 9.78. The zero-order valence-electron chi connectivity index (χ0n) is 13.4. The summed E-state index contributed by atoms with van der Waals surface area (Å²) in [6.45, 7) is 6.77. The van der Waals surface area contributed by atoms with Crippen LogP contribution in [0.1, 0.15) is 52.9 Å². The number of carboxylic acids is 1. The van der Waals surface area contributed by atoms with Crippen LogP contribution in [0.5, 0.6) is 0 Å². The molecule has 5 heteroatoms. The van der Waals surface area contributed by atoms with Crippen LogP contribution in [0.15, 0.2) is 11.6 Å². The molecule has 0 aromatic heterocycles. The maximum Gasteiger partial charge on any atom is 0.314 e. The molecule has 0 aromatic rings. The summed E-state index contributed by atoms with van der Waals surface area (Å²) in [4.78, 5) is 22.9. The fraction of sp³-hybridized carbons (Fsp3) is 0.750. The largest absolute Gasteiger partial charge is 0.481 e. The Bertz CT molecular complexity index is 397. The summed E-state index contributed by atoms with van der Waals surface area (Å²) >= 11 is 0. The van der Waals surface area contributed by atoms with E-state index in [4.69, 9.17) is 0 Å². The number of aliphatic carboxylic acids is 1. The Hall–Kier alpha value is -1.52. The second kappa shape index (κ2) is 8.05. The molecule has 1 unspecified atom stereocenters. The first-order valence-electron chi connectivity index (χ1n) is 7.70. The molecule has 1 atom stereocenters.